The summed E-state index contributed by atoms with van der Waals surface area (Å²) < 4.78 is 12.3. The zero-order valence-corrected chi connectivity index (χ0v) is 29.0. The summed E-state index contributed by atoms with van der Waals surface area (Å²) in [7, 11) is 3.91. The molecule has 0 unspecified atom stereocenters. The number of likely N-dealkylation sites (tertiary alicyclic amines) is 1. The quantitative estimate of drug-likeness (QED) is 0.284. The maximum Gasteiger partial charge on any atom is 0.410 e. The number of hydrogen-bond donors (Lipinski definition) is 2. The highest BCUT2D eigenvalue weighted by Crippen LogP contribution is 2.42. The summed E-state index contributed by atoms with van der Waals surface area (Å²) in [4.78, 5) is 58.5. The fraction of sp³-hybridized carbons (Fsp3) is 0.472. The minimum absolute atomic E-state index is 0.151. The molecular formula is C36H47N7O6. The van der Waals surface area contributed by atoms with Crippen LogP contribution in [0.15, 0.2) is 60.7 Å². The predicted octanol–water partition coefficient (Wildman–Crippen LogP) is 4.50. The Kier molecular flexibility index (Phi) is 11.2. The molecule has 13 heteroatoms. The fourth-order valence-electron chi connectivity index (χ4n) is 6.59. The van der Waals surface area contributed by atoms with Crippen molar-refractivity contribution >= 4 is 29.8 Å². The van der Waals surface area contributed by atoms with Gasteiger partial charge in [0.1, 0.15) is 13.2 Å². The lowest BCUT2D eigenvalue weighted by atomic mass is 9.97. The highest BCUT2D eigenvalue weighted by molar-refractivity contribution is 5.93. The number of piperidine rings is 1. The SMILES string of the molecule is CCOC(=O)Cn1nc(NC(=O)[C@@H]2CCCN(C(=O)OCc3ccccc3)C2)c2c1C(C)(C)N(C(=O)N[C@H](CN(C)C)c1ccccc1)C2. The summed E-state index contributed by atoms with van der Waals surface area (Å²) in [6, 6.07) is 18.7. The molecule has 2 N–H and O–H groups in total. The number of carbonyl (C=O) groups excluding carboxylic acids is 4. The molecule has 0 aliphatic carbocycles. The summed E-state index contributed by atoms with van der Waals surface area (Å²) in [6.07, 6.45) is 0.768. The van der Waals surface area contributed by atoms with Gasteiger partial charge in [-0.1, -0.05) is 60.7 Å². The van der Waals surface area contributed by atoms with Crippen molar-refractivity contribution in [2.75, 3.05) is 45.7 Å². The second kappa shape index (κ2) is 15.5. The zero-order valence-electron chi connectivity index (χ0n) is 29.0. The van der Waals surface area contributed by atoms with E-state index >= 15 is 0 Å². The number of nitrogens with zero attached hydrogens (tertiary/aromatic N) is 5. The lowest BCUT2D eigenvalue weighted by Gasteiger charge is -2.35. The van der Waals surface area contributed by atoms with Crippen LogP contribution < -0.4 is 10.6 Å². The number of rotatable bonds is 11. The lowest BCUT2D eigenvalue weighted by Crippen LogP contribution is -2.49. The molecule has 1 saturated heterocycles. The monoisotopic (exact) mass is 673 g/mol. The summed E-state index contributed by atoms with van der Waals surface area (Å²) in [5, 5.41) is 10.8. The van der Waals surface area contributed by atoms with E-state index < -0.39 is 23.5 Å². The van der Waals surface area contributed by atoms with Crippen molar-refractivity contribution in [1.29, 1.82) is 0 Å². The number of fused-ring (bicyclic) bond motifs is 1. The summed E-state index contributed by atoms with van der Waals surface area (Å²) in [6.45, 7) is 7.17. The van der Waals surface area contributed by atoms with Crippen LogP contribution in [0.25, 0.3) is 0 Å². The van der Waals surface area contributed by atoms with Crippen molar-refractivity contribution in [3.63, 3.8) is 0 Å². The number of aromatic nitrogens is 2. The number of hydrogen-bond acceptors (Lipinski definition) is 8. The van der Waals surface area contributed by atoms with Crippen molar-refractivity contribution in [3.8, 4) is 0 Å². The normalized spacial score (nSPS) is 17.3. The molecule has 5 rings (SSSR count). The first-order chi connectivity index (χ1) is 23.5. The number of esters is 1. The third-order valence-corrected chi connectivity index (χ3v) is 8.99. The molecule has 13 nitrogen and oxygen atoms in total. The Morgan fingerprint density at radius 3 is 2.39 bits per heavy atom. The van der Waals surface area contributed by atoms with Crippen molar-refractivity contribution in [2.24, 2.45) is 5.92 Å². The van der Waals surface area contributed by atoms with Crippen LogP contribution in [0, 0.1) is 5.92 Å². The molecule has 1 aromatic heterocycles. The Balaban J connectivity index is 1.33. The largest absolute Gasteiger partial charge is 0.465 e. The van der Waals surface area contributed by atoms with Crippen LogP contribution in [0.4, 0.5) is 15.4 Å². The Hall–Kier alpha value is -4.91. The maximum absolute atomic E-state index is 14.0. The van der Waals surface area contributed by atoms with E-state index in [4.69, 9.17) is 9.47 Å². The molecule has 2 aromatic carbocycles. The average Bonchev–Trinajstić information content (AvgIpc) is 3.57. The zero-order chi connectivity index (χ0) is 35.1. The molecule has 4 amide bonds. The molecule has 0 bridgehead atoms. The molecule has 3 heterocycles. The number of benzene rings is 2. The van der Waals surface area contributed by atoms with Crippen molar-refractivity contribution < 1.29 is 28.7 Å². The number of ether oxygens (including phenoxy) is 2. The molecule has 2 aliphatic heterocycles. The van der Waals surface area contributed by atoms with Crippen LogP contribution in [0.3, 0.4) is 0 Å². The van der Waals surface area contributed by atoms with E-state index in [1.807, 2.05) is 93.5 Å². The molecule has 2 atom stereocenters. The van der Waals surface area contributed by atoms with Crippen molar-refractivity contribution in [1.82, 2.24) is 29.8 Å². The summed E-state index contributed by atoms with van der Waals surface area (Å²) in [5.74, 6) is -0.976. The van der Waals surface area contributed by atoms with E-state index in [1.165, 1.54) is 4.68 Å². The van der Waals surface area contributed by atoms with Crippen molar-refractivity contribution in [2.45, 2.75) is 64.9 Å². The van der Waals surface area contributed by atoms with Crippen LogP contribution in [0.1, 0.15) is 62.0 Å². The van der Waals surface area contributed by atoms with Gasteiger partial charge in [0.25, 0.3) is 0 Å². The molecule has 0 saturated carbocycles. The summed E-state index contributed by atoms with van der Waals surface area (Å²) in [5.41, 5.74) is 2.27. The first kappa shape index (κ1) is 35.4. The highest BCUT2D eigenvalue weighted by Gasteiger charge is 2.46. The second-order valence-corrected chi connectivity index (χ2v) is 13.3. The Bertz CT molecular complexity index is 1630. The van der Waals surface area contributed by atoms with E-state index in [-0.39, 0.29) is 56.6 Å². The predicted molar refractivity (Wildman–Crippen MR) is 183 cm³/mol. The lowest BCUT2D eigenvalue weighted by molar-refractivity contribution is -0.144. The minimum atomic E-state index is -0.884. The van der Waals surface area contributed by atoms with Gasteiger partial charge in [0.15, 0.2) is 5.82 Å². The molecule has 0 radical (unpaired) electrons. The van der Waals surface area contributed by atoms with E-state index in [0.29, 0.717) is 37.2 Å². The number of urea groups is 1. The maximum atomic E-state index is 14.0. The number of amides is 4. The Labute approximate surface area is 287 Å². The van der Waals surface area contributed by atoms with Crippen LogP contribution in [-0.4, -0.2) is 88.8 Å². The molecular weight excluding hydrogens is 626 g/mol. The first-order valence-electron chi connectivity index (χ1n) is 16.8. The third kappa shape index (κ3) is 8.40. The molecule has 1 fully saturated rings. The number of carbonyl (C=O) groups is 4. The smallest absolute Gasteiger partial charge is 0.410 e. The van der Waals surface area contributed by atoms with E-state index in [2.05, 4.69) is 15.7 Å². The van der Waals surface area contributed by atoms with Gasteiger partial charge in [-0.2, -0.15) is 5.10 Å². The molecule has 0 spiro atoms. The molecule has 49 heavy (non-hydrogen) atoms. The van der Waals surface area contributed by atoms with Crippen LogP contribution in [-0.2, 0) is 44.3 Å². The average molecular weight is 674 g/mol. The van der Waals surface area contributed by atoms with Gasteiger partial charge in [-0.15, -0.1) is 0 Å². The van der Waals surface area contributed by atoms with Crippen LogP contribution in [0.2, 0.25) is 0 Å². The Morgan fingerprint density at radius 1 is 1.02 bits per heavy atom. The standard InChI is InChI=1S/C36H47N7O6/c1-6-48-30(44)23-43-31-28(21-42(36(31,2)3)34(46)37-29(22-40(4)5)26-16-11-8-12-17-26)32(39-43)38-33(45)27-18-13-19-41(20-27)35(47)49-24-25-14-9-7-10-15-25/h7-12,14-17,27,29H,6,13,18-24H2,1-5H3,(H,37,46)(H,38,39,45)/t27-,29-/m1/s1. The van der Waals surface area contributed by atoms with E-state index in [1.54, 1.807) is 16.7 Å². The second-order valence-electron chi connectivity index (χ2n) is 13.3. The topological polar surface area (TPSA) is 138 Å². The van der Waals surface area contributed by atoms with Gasteiger partial charge in [0.2, 0.25) is 5.91 Å². The highest BCUT2D eigenvalue weighted by atomic mass is 16.6. The first-order valence-corrected chi connectivity index (χ1v) is 16.8. The van der Waals surface area contributed by atoms with Gasteiger partial charge in [0.05, 0.1) is 36.3 Å². The van der Waals surface area contributed by atoms with E-state index in [0.717, 1.165) is 11.1 Å². The number of nitrogens with one attached hydrogen (secondary N) is 2. The molecule has 262 valence electrons. The van der Waals surface area contributed by atoms with Crippen LogP contribution in [0.5, 0.6) is 0 Å². The molecule has 3 aromatic rings. The van der Waals surface area contributed by atoms with Crippen LogP contribution >= 0.6 is 0 Å². The fourth-order valence-corrected chi connectivity index (χ4v) is 6.59. The minimum Gasteiger partial charge on any atom is -0.465 e. The van der Waals surface area contributed by atoms with Gasteiger partial charge in [0, 0.05) is 25.2 Å². The number of likely N-dealkylation sites (N-methyl/N-ethyl adjacent to an activating group) is 1. The number of anilines is 1. The van der Waals surface area contributed by atoms with Gasteiger partial charge in [-0.25, -0.2) is 9.59 Å². The van der Waals surface area contributed by atoms with Gasteiger partial charge >= 0.3 is 18.1 Å². The molecule has 2 aliphatic rings. The van der Waals surface area contributed by atoms with Gasteiger partial charge in [-0.3, -0.25) is 14.3 Å². The van der Waals surface area contributed by atoms with Crippen molar-refractivity contribution in [3.05, 3.63) is 83.0 Å². The van der Waals surface area contributed by atoms with E-state index in [9.17, 15) is 19.2 Å². The van der Waals surface area contributed by atoms with Gasteiger partial charge in [-0.05, 0) is 58.8 Å². The summed E-state index contributed by atoms with van der Waals surface area (Å²) >= 11 is 0. The van der Waals surface area contributed by atoms with Gasteiger partial charge < -0.3 is 34.8 Å². The third-order valence-electron chi connectivity index (χ3n) is 8.99. The Morgan fingerprint density at radius 2 is 1.71 bits per heavy atom.